The number of amides is 1. The molecule has 2 atom stereocenters. The van der Waals surface area contributed by atoms with Crippen LogP contribution in [0.4, 0.5) is 0 Å². The highest BCUT2D eigenvalue weighted by Crippen LogP contribution is 2.03. The van der Waals surface area contributed by atoms with Gasteiger partial charge in [0.1, 0.15) is 0 Å². The molecular weight excluding hydrogens is 190 g/mol. The van der Waals surface area contributed by atoms with E-state index in [2.05, 4.69) is 5.32 Å². The van der Waals surface area contributed by atoms with Gasteiger partial charge >= 0.3 is 0 Å². The minimum Gasteiger partial charge on any atom is -0.393 e. The number of aliphatic hydroxyl groups excluding tert-OH is 1. The largest absolute Gasteiger partial charge is 0.393 e. The molecule has 1 aromatic carbocycles. The Balaban J connectivity index is 2.41. The van der Waals surface area contributed by atoms with Crippen LogP contribution < -0.4 is 5.32 Å². The molecule has 0 fully saturated rings. The van der Waals surface area contributed by atoms with E-state index in [1.54, 1.807) is 13.8 Å². The van der Waals surface area contributed by atoms with Crippen LogP contribution in [0, 0.1) is 5.92 Å². The number of rotatable bonds is 4. The first-order valence-corrected chi connectivity index (χ1v) is 5.11. The van der Waals surface area contributed by atoms with Gasteiger partial charge in [-0.2, -0.15) is 0 Å². The predicted octanol–water partition coefficient (Wildman–Crippen LogP) is 1.32. The van der Waals surface area contributed by atoms with Gasteiger partial charge in [-0.15, -0.1) is 0 Å². The minimum absolute atomic E-state index is 0.117. The van der Waals surface area contributed by atoms with E-state index in [1.807, 2.05) is 30.3 Å². The Morgan fingerprint density at radius 2 is 1.93 bits per heavy atom. The molecule has 0 saturated heterocycles. The Bertz CT molecular complexity index is 309. The molecule has 0 aromatic heterocycles. The second-order valence-electron chi connectivity index (χ2n) is 3.73. The quantitative estimate of drug-likeness (QED) is 0.782. The van der Waals surface area contributed by atoms with Crippen molar-refractivity contribution in [3.63, 3.8) is 0 Å². The molecule has 82 valence electrons. The van der Waals surface area contributed by atoms with Gasteiger partial charge in [-0.25, -0.2) is 0 Å². The Labute approximate surface area is 90.1 Å². The molecule has 0 aliphatic heterocycles. The van der Waals surface area contributed by atoms with Crippen LogP contribution in [0.5, 0.6) is 0 Å². The van der Waals surface area contributed by atoms with E-state index in [0.717, 1.165) is 5.56 Å². The van der Waals surface area contributed by atoms with E-state index in [4.69, 9.17) is 0 Å². The molecule has 3 nitrogen and oxygen atoms in total. The highest BCUT2D eigenvalue weighted by molar-refractivity contribution is 5.78. The van der Waals surface area contributed by atoms with E-state index in [-0.39, 0.29) is 11.8 Å². The number of hydrogen-bond acceptors (Lipinski definition) is 2. The zero-order chi connectivity index (χ0) is 11.3. The molecule has 1 rings (SSSR count). The first-order valence-electron chi connectivity index (χ1n) is 5.11. The van der Waals surface area contributed by atoms with Gasteiger partial charge in [0.2, 0.25) is 5.91 Å². The number of carbonyl (C=O) groups is 1. The van der Waals surface area contributed by atoms with E-state index in [1.165, 1.54) is 0 Å². The summed E-state index contributed by atoms with van der Waals surface area (Å²) < 4.78 is 0. The topological polar surface area (TPSA) is 49.3 Å². The molecule has 0 saturated carbocycles. The number of nitrogens with one attached hydrogen (secondary N) is 1. The Morgan fingerprint density at radius 1 is 1.33 bits per heavy atom. The molecule has 0 bridgehead atoms. The van der Waals surface area contributed by atoms with Crippen molar-refractivity contribution in [2.75, 3.05) is 0 Å². The smallest absolute Gasteiger partial charge is 0.225 e. The molecule has 2 N–H and O–H groups in total. The van der Waals surface area contributed by atoms with Crippen LogP contribution in [0.25, 0.3) is 0 Å². The first-order chi connectivity index (χ1) is 7.11. The highest BCUT2D eigenvalue weighted by Gasteiger charge is 2.17. The fourth-order valence-electron chi connectivity index (χ4n) is 1.17. The molecule has 0 aliphatic carbocycles. The maximum Gasteiger partial charge on any atom is 0.225 e. The van der Waals surface area contributed by atoms with Gasteiger partial charge in [-0.3, -0.25) is 4.79 Å². The lowest BCUT2D eigenvalue weighted by Crippen LogP contribution is -2.34. The second kappa shape index (κ2) is 5.51. The maximum absolute atomic E-state index is 11.5. The molecule has 0 spiro atoms. The van der Waals surface area contributed by atoms with Crippen LogP contribution in [-0.4, -0.2) is 17.1 Å². The monoisotopic (exact) mass is 207 g/mol. The molecule has 1 aromatic rings. The highest BCUT2D eigenvalue weighted by atomic mass is 16.3. The van der Waals surface area contributed by atoms with Crippen molar-refractivity contribution in [3.8, 4) is 0 Å². The lowest BCUT2D eigenvalue weighted by Gasteiger charge is -2.14. The van der Waals surface area contributed by atoms with Crippen LogP contribution >= 0.6 is 0 Å². The van der Waals surface area contributed by atoms with Crippen LogP contribution in [0.3, 0.4) is 0 Å². The Hall–Kier alpha value is -1.35. The summed E-state index contributed by atoms with van der Waals surface area (Å²) in [6.45, 7) is 3.84. The van der Waals surface area contributed by atoms with Crippen molar-refractivity contribution in [3.05, 3.63) is 35.9 Å². The molecule has 15 heavy (non-hydrogen) atoms. The van der Waals surface area contributed by atoms with Gasteiger partial charge in [0.05, 0.1) is 12.0 Å². The third-order valence-electron chi connectivity index (χ3n) is 2.45. The Kier molecular flexibility index (Phi) is 4.31. The van der Waals surface area contributed by atoms with E-state index in [0.29, 0.717) is 6.54 Å². The summed E-state index contributed by atoms with van der Waals surface area (Å²) >= 11 is 0. The number of benzene rings is 1. The van der Waals surface area contributed by atoms with Gasteiger partial charge in [-0.05, 0) is 12.5 Å². The van der Waals surface area contributed by atoms with Gasteiger partial charge in [0, 0.05) is 6.54 Å². The molecule has 3 heteroatoms. The molecule has 0 unspecified atom stereocenters. The summed E-state index contributed by atoms with van der Waals surface area (Å²) in [5.41, 5.74) is 1.06. The van der Waals surface area contributed by atoms with Crippen molar-refractivity contribution >= 4 is 5.91 Å². The van der Waals surface area contributed by atoms with Gasteiger partial charge in [0.15, 0.2) is 0 Å². The summed E-state index contributed by atoms with van der Waals surface area (Å²) in [4.78, 5) is 11.5. The fraction of sp³-hybridized carbons (Fsp3) is 0.417. The van der Waals surface area contributed by atoms with Gasteiger partial charge < -0.3 is 10.4 Å². The normalized spacial score (nSPS) is 14.3. The summed E-state index contributed by atoms with van der Waals surface area (Å²) in [5.74, 6) is -0.484. The summed E-state index contributed by atoms with van der Waals surface area (Å²) in [6.07, 6.45) is -0.610. The van der Waals surface area contributed by atoms with Crippen molar-refractivity contribution in [1.82, 2.24) is 5.32 Å². The molecule has 0 heterocycles. The van der Waals surface area contributed by atoms with E-state index in [9.17, 15) is 9.90 Å². The molecule has 0 aliphatic rings. The van der Waals surface area contributed by atoms with E-state index >= 15 is 0 Å². The zero-order valence-electron chi connectivity index (χ0n) is 9.10. The number of hydrogen-bond donors (Lipinski definition) is 2. The molecule has 1 amide bonds. The SMILES string of the molecule is C[C@H](O)[C@@H](C)C(=O)NCc1ccccc1. The van der Waals surface area contributed by atoms with Gasteiger partial charge in [-0.1, -0.05) is 37.3 Å². The van der Waals surface area contributed by atoms with Gasteiger partial charge in [0.25, 0.3) is 0 Å². The van der Waals surface area contributed by atoms with Crippen molar-refractivity contribution in [1.29, 1.82) is 0 Å². The minimum atomic E-state index is -0.610. The average molecular weight is 207 g/mol. The summed E-state index contributed by atoms with van der Waals surface area (Å²) in [5, 5.41) is 12.0. The fourth-order valence-corrected chi connectivity index (χ4v) is 1.17. The third-order valence-corrected chi connectivity index (χ3v) is 2.45. The predicted molar refractivity (Wildman–Crippen MR) is 59.1 cm³/mol. The lowest BCUT2D eigenvalue weighted by atomic mass is 10.1. The average Bonchev–Trinajstić information content (AvgIpc) is 2.26. The lowest BCUT2D eigenvalue weighted by molar-refractivity contribution is -0.127. The molecule has 0 radical (unpaired) electrons. The van der Waals surface area contributed by atoms with Crippen LogP contribution in [0.15, 0.2) is 30.3 Å². The van der Waals surface area contributed by atoms with Crippen molar-refractivity contribution in [2.24, 2.45) is 5.92 Å². The van der Waals surface area contributed by atoms with Crippen LogP contribution in [0.1, 0.15) is 19.4 Å². The zero-order valence-corrected chi connectivity index (χ0v) is 9.10. The maximum atomic E-state index is 11.5. The summed E-state index contributed by atoms with van der Waals surface area (Å²) in [6, 6.07) is 9.70. The number of carbonyl (C=O) groups excluding carboxylic acids is 1. The Morgan fingerprint density at radius 3 is 2.47 bits per heavy atom. The van der Waals surface area contributed by atoms with Crippen molar-refractivity contribution < 1.29 is 9.90 Å². The third kappa shape index (κ3) is 3.72. The van der Waals surface area contributed by atoms with E-state index < -0.39 is 6.10 Å². The standard InChI is InChI=1S/C12H17NO2/c1-9(10(2)14)12(15)13-8-11-6-4-3-5-7-11/h3-7,9-10,14H,8H2,1-2H3,(H,13,15)/t9-,10+/m1/s1. The number of aliphatic hydroxyl groups is 1. The second-order valence-corrected chi connectivity index (χ2v) is 3.73. The molecular formula is C12H17NO2. The van der Waals surface area contributed by atoms with Crippen LogP contribution in [0.2, 0.25) is 0 Å². The van der Waals surface area contributed by atoms with Crippen molar-refractivity contribution in [2.45, 2.75) is 26.5 Å². The first kappa shape index (κ1) is 11.7. The summed E-state index contributed by atoms with van der Waals surface area (Å²) in [7, 11) is 0. The van der Waals surface area contributed by atoms with Crippen LogP contribution in [-0.2, 0) is 11.3 Å².